The van der Waals surface area contributed by atoms with Crippen LogP contribution in [0.5, 0.6) is 5.75 Å². The summed E-state index contributed by atoms with van der Waals surface area (Å²) in [6.45, 7) is 3.56. The van der Waals surface area contributed by atoms with Crippen LogP contribution in [0.4, 0.5) is 0 Å². The Labute approximate surface area is 136 Å². The van der Waals surface area contributed by atoms with Crippen LogP contribution in [0.15, 0.2) is 28.8 Å². The number of rotatable bonds is 5. The van der Waals surface area contributed by atoms with Gasteiger partial charge in [-0.2, -0.15) is 4.98 Å². The molecule has 3 aliphatic heterocycles. The van der Waals surface area contributed by atoms with Crippen molar-refractivity contribution in [2.45, 2.75) is 31.6 Å². The normalized spacial score (nSPS) is 26.4. The molecule has 0 aliphatic carbocycles. The second-order valence-corrected chi connectivity index (χ2v) is 6.60. The van der Waals surface area contributed by atoms with Gasteiger partial charge in [0.2, 0.25) is 5.89 Å². The van der Waals surface area contributed by atoms with Gasteiger partial charge in [0.15, 0.2) is 5.82 Å². The average molecular weight is 313 g/mol. The summed E-state index contributed by atoms with van der Waals surface area (Å²) >= 11 is 0. The fourth-order valence-corrected chi connectivity index (χ4v) is 3.93. The zero-order chi connectivity index (χ0) is 15.6. The van der Waals surface area contributed by atoms with Crippen LogP contribution < -0.4 is 4.74 Å². The van der Waals surface area contributed by atoms with Gasteiger partial charge in [0.1, 0.15) is 5.75 Å². The predicted octanol–water partition coefficient (Wildman–Crippen LogP) is 2.67. The minimum Gasteiger partial charge on any atom is -0.496 e. The lowest BCUT2D eigenvalue weighted by Gasteiger charge is -2.43. The van der Waals surface area contributed by atoms with Crippen LogP contribution in [0, 0.1) is 5.92 Å². The highest BCUT2D eigenvalue weighted by atomic mass is 16.5. The van der Waals surface area contributed by atoms with Gasteiger partial charge in [0, 0.05) is 18.9 Å². The number of hydrogen-bond acceptors (Lipinski definition) is 5. The van der Waals surface area contributed by atoms with E-state index < -0.39 is 0 Å². The number of hydrogen-bond donors (Lipinski definition) is 0. The maximum Gasteiger partial charge on any atom is 0.226 e. The molecule has 1 atom stereocenters. The minimum absolute atomic E-state index is 0.460. The van der Waals surface area contributed by atoms with E-state index in [1.807, 2.05) is 18.2 Å². The van der Waals surface area contributed by atoms with E-state index >= 15 is 0 Å². The third kappa shape index (κ3) is 2.98. The highest BCUT2D eigenvalue weighted by Crippen LogP contribution is 2.37. The summed E-state index contributed by atoms with van der Waals surface area (Å²) in [4.78, 5) is 7.20. The smallest absolute Gasteiger partial charge is 0.226 e. The molecule has 1 aromatic heterocycles. The number of methoxy groups -OCH3 is 1. The summed E-state index contributed by atoms with van der Waals surface area (Å²) in [5, 5.41) is 4.27. The van der Waals surface area contributed by atoms with Gasteiger partial charge < -0.3 is 14.2 Å². The number of para-hydroxylation sites is 1. The molecule has 0 spiro atoms. The molecule has 5 rings (SSSR count). The first-order chi connectivity index (χ1) is 11.3. The number of nitrogens with zero attached hydrogens (tertiary/aromatic N) is 3. The first kappa shape index (κ1) is 14.7. The number of aromatic nitrogens is 2. The monoisotopic (exact) mass is 313 g/mol. The Morgan fingerprint density at radius 1 is 1.22 bits per heavy atom. The molecule has 1 aromatic carbocycles. The highest BCUT2D eigenvalue weighted by molar-refractivity contribution is 5.33. The molecule has 0 amide bonds. The highest BCUT2D eigenvalue weighted by Gasteiger charge is 2.37. The largest absolute Gasteiger partial charge is 0.496 e. The number of ether oxygens (including phenoxy) is 1. The molecule has 5 heteroatoms. The van der Waals surface area contributed by atoms with Gasteiger partial charge in [0.25, 0.3) is 0 Å². The summed E-state index contributed by atoms with van der Waals surface area (Å²) < 4.78 is 10.9. The Morgan fingerprint density at radius 3 is 2.78 bits per heavy atom. The Balaban J connectivity index is 1.42. The number of aryl methyl sites for hydroxylation is 2. The van der Waals surface area contributed by atoms with Gasteiger partial charge in [-0.25, -0.2) is 0 Å². The molecule has 5 nitrogen and oxygen atoms in total. The molecule has 3 aliphatic rings. The van der Waals surface area contributed by atoms with Crippen molar-refractivity contribution in [3.05, 3.63) is 41.5 Å². The van der Waals surface area contributed by atoms with Crippen molar-refractivity contribution in [3.63, 3.8) is 0 Å². The molecular weight excluding hydrogens is 290 g/mol. The number of fused-ring (bicyclic) bond motifs is 3. The Hall–Kier alpha value is -1.88. The molecule has 122 valence electrons. The molecule has 0 radical (unpaired) electrons. The second kappa shape index (κ2) is 6.32. The third-order valence-corrected chi connectivity index (χ3v) is 5.27. The average Bonchev–Trinajstić information content (AvgIpc) is 3.10. The van der Waals surface area contributed by atoms with Gasteiger partial charge in [-0.05, 0) is 49.9 Å². The van der Waals surface area contributed by atoms with Crippen LogP contribution in [-0.4, -0.2) is 41.8 Å². The SMILES string of the molecule is COc1ccccc1CCc1nc(C2CN3CCC2CC3)no1. The summed E-state index contributed by atoms with van der Waals surface area (Å²) in [5.41, 5.74) is 1.18. The maximum absolute atomic E-state index is 5.50. The van der Waals surface area contributed by atoms with Crippen molar-refractivity contribution in [2.24, 2.45) is 5.92 Å². The van der Waals surface area contributed by atoms with Gasteiger partial charge in [-0.15, -0.1) is 0 Å². The van der Waals surface area contributed by atoms with Crippen LogP contribution in [-0.2, 0) is 12.8 Å². The Kier molecular flexibility index (Phi) is 4.04. The fraction of sp³-hybridized carbons (Fsp3) is 0.556. The van der Waals surface area contributed by atoms with E-state index in [0.29, 0.717) is 5.92 Å². The lowest BCUT2D eigenvalue weighted by atomic mass is 9.79. The Morgan fingerprint density at radius 2 is 2.04 bits per heavy atom. The first-order valence-corrected chi connectivity index (χ1v) is 8.50. The minimum atomic E-state index is 0.460. The number of benzene rings is 1. The molecule has 3 fully saturated rings. The standard InChI is InChI=1S/C18H23N3O2/c1-22-16-5-3-2-4-14(16)6-7-17-19-18(20-23-17)15-12-21-10-8-13(15)9-11-21/h2-5,13,15H,6-12H2,1H3. The predicted molar refractivity (Wildman–Crippen MR) is 86.6 cm³/mol. The van der Waals surface area contributed by atoms with Crippen LogP contribution in [0.1, 0.15) is 36.0 Å². The van der Waals surface area contributed by atoms with E-state index in [4.69, 9.17) is 9.26 Å². The zero-order valence-electron chi connectivity index (χ0n) is 13.6. The van der Waals surface area contributed by atoms with Crippen molar-refractivity contribution >= 4 is 0 Å². The molecule has 0 N–H and O–H groups in total. The van der Waals surface area contributed by atoms with Crippen molar-refractivity contribution in [3.8, 4) is 5.75 Å². The summed E-state index contributed by atoms with van der Waals surface area (Å²) in [5.74, 6) is 3.77. The molecule has 2 aromatic rings. The lowest BCUT2D eigenvalue weighted by molar-refractivity contribution is 0.0825. The van der Waals surface area contributed by atoms with E-state index in [2.05, 4.69) is 21.1 Å². The Bertz CT molecular complexity index is 662. The quantitative estimate of drug-likeness (QED) is 0.849. The van der Waals surface area contributed by atoms with Crippen LogP contribution in [0.25, 0.3) is 0 Å². The molecule has 3 saturated heterocycles. The van der Waals surface area contributed by atoms with E-state index in [1.165, 1.54) is 31.5 Å². The second-order valence-electron chi connectivity index (χ2n) is 6.60. The molecular formula is C18H23N3O2. The topological polar surface area (TPSA) is 51.4 Å². The molecule has 2 bridgehead atoms. The number of piperidine rings is 3. The van der Waals surface area contributed by atoms with E-state index in [1.54, 1.807) is 7.11 Å². The third-order valence-electron chi connectivity index (χ3n) is 5.27. The van der Waals surface area contributed by atoms with Crippen molar-refractivity contribution in [2.75, 3.05) is 26.7 Å². The summed E-state index contributed by atoms with van der Waals surface area (Å²) in [7, 11) is 1.71. The van der Waals surface area contributed by atoms with Crippen molar-refractivity contribution in [1.29, 1.82) is 0 Å². The van der Waals surface area contributed by atoms with E-state index in [0.717, 1.165) is 42.8 Å². The fourth-order valence-electron chi connectivity index (χ4n) is 3.93. The molecule has 0 saturated carbocycles. The van der Waals surface area contributed by atoms with Crippen molar-refractivity contribution < 1.29 is 9.26 Å². The maximum atomic E-state index is 5.50. The van der Waals surface area contributed by atoms with Gasteiger partial charge in [0.05, 0.1) is 7.11 Å². The van der Waals surface area contributed by atoms with Gasteiger partial charge in [-0.3, -0.25) is 0 Å². The molecule has 4 heterocycles. The molecule has 23 heavy (non-hydrogen) atoms. The summed E-state index contributed by atoms with van der Waals surface area (Å²) in [6, 6.07) is 8.09. The van der Waals surface area contributed by atoms with Gasteiger partial charge in [-0.1, -0.05) is 23.4 Å². The zero-order valence-corrected chi connectivity index (χ0v) is 13.6. The van der Waals surface area contributed by atoms with Crippen LogP contribution >= 0.6 is 0 Å². The van der Waals surface area contributed by atoms with Gasteiger partial charge >= 0.3 is 0 Å². The van der Waals surface area contributed by atoms with Crippen LogP contribution in [0.2, 0.25) is 0 Å². The van der Waals surface area contributed by atoms with E-state index in [9.17, 15) is 0 Å². The van der Waals surface area contributed by atoms with Crippen molar-refractivity contribution in [1.82, 2.24) is 15.0 Å². The lowest BCUT2D eigenvalue weighted by Crippen LogP contribution is -2.46. The summed E-state index contributed by atoms with van der Waals surface area (Å²) in [6.07, 6.45) is 4.16. The van der Waals surface area contributed by atoms with Crippen LogP contribution in [0.3, 0.4) is 0 Å². The molecule has 1 unspecified atom stereocenters. The van der Waals surface area contributed by atoms with E-state index in [-0.39, 0.29) is 0 Å². The first-order valence-electron chi connectivity index (χ1n) is 8.50.